The molecule has 102 valence electrons. The predicted molar refractivity (Wildman–Crippen MR) is 78.6 cm³/mol. The van der Waals surface area contributed by atoms with Crippen molar-refractivity contribution in [3.05, 3.63) is 33.8 Å². The van der Waals surface area contributed by atoms with E-state index in [-0.39, 0.29) is 11.6 Å². The number of likely N-dealkylation sites (N-methyl/N-ethyl adjacent to an activating group) is 1. The van der Waals surface area contributed by atoms with E-state index in [1.54, 1.807) is 6.07 Å². The van der Waals surface area contributed by atoms with E-state index in [9.17, 15) is 0 Å². The number of rotatable bonds is 6. The Hall–Kier alpha value is -0.280. The number of hydrogen-bond acceptors (Lipinski definition) is 2. The van der Waals surface area contributed by atoms with Gasteiger partial charge in [0.1, 0.15) is 0 Å². The van der Waals surface area contributed by atoms with Crippen LogP contribution < -0.4 is 5.32 Å². The van der Waals surface area contributed by atoms with E-state index in [0.29, 0.717) is 16.7 Å². The standard InChI is InChI=1S/C14H21Cl2NO/c1-5-14(3,18-6-2)13(17-4)10-8-7-9-11(15)12(10)16/h7-9,13,17H,5-6H2,1-4H3. The third-order valence-corrected chi connectivity index (χ3v) is 4.20. The molecule has 0 radical (unpaired) electrons. The molecular formula is C14H21Cl2NO. The molecule has 0 aliphatic carbocycles. The lowest BCUT2D eigenvalue weighted by molar-refractivity contribution is -0.0546. The van der Waals surface area contributed by atoms with Crippen LogP contribution in [0, 0.1) is 0 Å². The second-order valence-electron chi connectivity index (χ2n) is 4.46. The number of nitrogens with one attached hydrogen (secondary N) is 1. The summed E-state index contributed by atoms with van der Waals surface area (Å²) in [7, 11) is 1.91. The van der Waals surface area contributed by atoms with Gasteiger partial charge in [-0.05, 0) is 38.9 Å². The third-order valence-electron chi connectivity index (χ3n) is 3.37. The van der Waals surface area contributed by atoms with Crippen LogP contribution in [0.3, 0.4) is 0 Å². The van der Waals surface area contributed by atoms with Crippen molar-refractivity contribution in [2.45, 2.75) is 38.8 Å². The summed E-state index contributed by atoms with van der Waals surface area (Å²) in [6.45, 7) is 6.87. The summed E-state index contributed by atoms with van der Waals surface area (Å²) in [6.07, 6.45) is 0.884. The monoisotopic (exact) mass is 289 g/mol. The van der Waals surface area contributed by atoms with Gasteiger partial charge in [0.2, 0.25) is 0 Å². The van der Waals surface area contributed by atoms with Crippen LogP contribution in [-0.2, 0) is 4.74 Å². The maximum absolute atomic E-state index is 6.30. The van der Waals surface area contributed by atoms with Crippen molar-refractivity contribution in [3.8, 4) is 0 Å². The number of ether oxygens (including phenoxy) is 1. The van der Waals surface area contributed by atoms with Crippen molar-refractivity contribution in [3.63, 3.8) is 0 Å². The molecule has 0 saturated carbocycles. The molecule has 0 aromatic heterocycles. The summed E-state index contributed by atoms with van der Waals surface area (Å²) in [5, 5.41) is 4.46. The largest absolute Gasteiger partial charge is 0.374 e. The van der Waals surface area contributed by atoms with E-state index in [1.165, 1.54) is 0 Å². The first-order chi connectivity index (χ1) is 8.50. The van der Waals surface area contributed by atoms with Gasteiger partial charge in [0.15, 0.2) is 0 Å². The van der Waals surface area contributed by atoms with Crippen LogP contribution in [0.4, 0.5) is 0 Å². The summed E-state index contributed by atoms with van der Waals surface area (Å²) in [5.41, 5.74) is 0.669. The molecule has 2 atom stereocenters. The van der Waals surface area contributed by atoms with Gasteiger partial charge in [0, 0.05) is 6.61 Å². The highest BCUT2D eigenvalue weighted by molar-refractivity contribution is 6.42. The second kappa shape index (κ2) is 6.76. The molecule has 0 aliphatic rings. The Kier molecular flexibility index (Phi) is 5.93. The van der Waals surface area contributed by atoms with Crippen LogP contribution >= 0.6 is 23.2 Å². The number of hydrogen-bond donors (Lipinski definition) is 1. The zero-order valence-electron chi connectivity index (χ0n) is 11.4. The number of halogens is 2. The molecule has 4 heteroatoms. The Morgan fingerprint density at radius 3 is 2.50 bits per heavy atom. The summed E-state index contributed by atoms with van der Waals surface area (Å²) >= 11 is 12.4. The minimum absolute atomic E-state index is 0.00801. The Labute approximate surface area is 120 Å². The van der Waals surface area contributed by atoms with Crippen LogP contribution in [0.15, 0.2) is 18.2 Å². The molecule has 0 spiro atoms. The SMILES string of the molecule is CCOC(C)(CC)C(NC)c1cccc(Cl)c1Cl. The lowest BCUT2D eigenvalue weighted by Crippen LogP contribution is -2.42. The van der Waals surface area contributed by atoms with E-state index in [2.05, 4.69) is 19.2 Å². The molecule has 1 aromatic carbocycles. The lowest BCUT2D eigenvalue weighted by atomic mass is 9.87. The first-order valence-corrected chi connectivity index (χ1v) is 7.00. The molecule has 0 aliphatic heterocycles. The fraction of sp³-hybridized carbons (Fsp3) is 0.571. The van der Waals surface area contributed by atoms with Gasteiger partial charge in [-0.15, -0.1) is 0 Å². The quantitative estimate of drug-likeness (QED) is 0.835. The highest BCUT2D eigenvalue weighted by atomic mass is 35.5. The van der Waals surface area contributed by atoms with Gasteiger partial charge in [-0.1, -0.05) is 42.3 Å². The maximum atomic E-state index is 6.30. The van der Waals surface area contributed by atoms with Crippen molar-refractivity contribution >= 4 is 23.2 Å². The van der Waals surface area contributed by atoms with Crippen molar-refractivity contribution < 1.29 is 4.74 Å². The molecule has 0 saturated heterocycles. The highest BCUT2D eigenvalue weighted by Gasteiger charge is 2.34. The zero-order chi connectivity index (χ0) is 13.8. The fourth-order valence-corrected chi connectivity index (χ4v) is 2.67. The average Bonchev–Trinajstić information content (AvgIpc) is 2.35. The van der Waals surface area contributed by atoms with Gasteiger partial charge >= 0.3 is 0 Å². The van der Waals surface area contributed by atoms with E-state index in [1.807, 2.05) is 26.1 Å². The molecule has 2 nitrogen and oxygen atoms in total. The minimum atomic E-state index is -0.308. The van der Waals surface area contributed by atoms with E-state index in [0.717, 1.165) is 12.0 Å². The normalized spacial score (nSPS) is 16.3. The van der Waals surface area contributed by atoms with Crippen LogP contribution in [0.25, 0.3) is 0 Å². The molecule has 0 bridgehead atoms. The molecule has 1 aromatic rings. The van der Waals surface area contributed by atoms with Crippen molar-refractivity contribution in [1.82, 2.24) is 5.32 Å². The fourth-order valence-electron chi connectivity index (χ4n) is 2.25. The summed E-state index contributed by atoms with van der Waals surface area (Å²) in [5.74, 6) is 0. The topological polar surface area (TPSA) is 21.3 Å². The van der Waals surface area contributed by atoms with Gasteiger partial charge in [-0.3, -0.25) is 0 Å². The Morgan fingerprint density at radius 2 is 2.00 bits per heavy atom. The molecule has 18 heavy (non-hydrogen) atoms. The van der Waals surface area contributed by atoms with Crippen LogP contribution in [0.1, 0.15) is 38.8 Å². The number of benzene rings is 1. The van der Waals surface area contributed by atoms with Crippen LogP contribution in [-0.4, -0.2) is 19.3 Å². The van der Waals surface area contributed by atoms with Crippen LogP contribution in [0.2, 0.25) is 10.0 Å². The highest BCUT2D eigenvalue weighted by Crippen LogP contribution is 2.37. The van der Waals surface area contributed by atoms with E-state index in [4.69, 9.17) is 27.9 Å². The minimum Gasteiger partial charge on any atom is -0.374 e. The third kappa shape index (κ3) is 3.18. The van der Waals surface area contributed by atoms with Crippen molar-refractivity contribution in [2.75, 3.05) is 13.7 Å². The second-order valence-corrected chi connectivity index (χ2v) is 5.25. The smallest absolute Gasteiger partial charge is 0.0846 e. The van der Waals surface area contributed by atoms with Gasteiger partial charge in [-0.25, -0.2) is 0 Å². The van der Waals surface area contributed by atoms with Gasteiger partial charge in [-0.2, -0.15) is 0 Å². The summed E-state index contributed by atoms with van der Waals surface area (Å²) in [6, 6.07) is 5.70. The molecule has 1 rings (SSSR count). The summed E-state index contributed by atoms with van der Waals surface area (Å²) < 4.78 is 5.92. The molecule has 0 heterocycles. The lowest BCUT2D eigenvalue weighted by Gasteiger charge is -2.37. The Morgan fingerprint density at radius 1 is 1.33 bits per heavy atom. The van der Waals surface area contributed by atoms with Gasteiger partial charge < -0.3 is 10.1 Å². The molecular weight excluding hydrogens is 269 g/mol. The molecule has 0 fully saturated rings. The molecule has 1 N–H and O–H groups in total. The van der Waals surface area contributed by atoms with Crippen molar-refractivity contribution in [1.29, 1.82) is 0 Å². The zero-order valence-corrected chi connectivity index (χ0v) is 12.9. The first kappa shape index (κ1) is 15.8. The molecule has 2 unspecified atom stereocenters. The van der Waals surface area contributed by atoms with Crippen molar-refractivity contribution in [2.24, 2.45) is 0 Å². The van der Waals surface area contributed by atoms with Gasteiger partial charge in [0.25, 0.3) is 0 Å². The van der Waals surface area contributed by atoms with E-state index >= 15 is 0 Å². The Bertz CT molecular complexity index is 397. The van der Waals surface area contributed by atoms with Crippen LogP contribution in [0.5, 0.6) is 0 Å². The summed E-state index contributed by atoms with van der Waals surface area (Å²) in [4.78, 5) is 0. The van der Waals surface area contributed by atoms with E-state index < -0.39 is 0 Å². The average molecular weight is 290 g/mol. The van der Waals surface area contributed by atoms with Gasteiger partial charge in [0.05, 0.1) is 21.7 Å². The predicted octanol–water partition coefficient (Wildman–Crippen LogP) is 4.46. The maximum Gasteiger partial charge on any atom is 0.0846 e. The first-order valence-electron chi connectivity index (χ1n) is 6.25. The molecule has 0 amide bonds. The Balaban J connectivity index is 3.19.